The molecule has 1 fully saturated rings. The van der Waals surface area contributed by atoms with Crippen LogP contribution in [0.5, 0.6) is 0 Å². The maximum atomic E-state index is 13.3. The number of aryl methyl sites for hydroxylation is 1. The summed E-state index contributed by atoms with van der Waals surface area (Å²) in [6.45, 7) is 2.14. The molecule has 7 heteroatoms. The van der Waals surface area contributed by atoms with Crippen LogP contribution in [-0.4, -0.2) is 42.4 Å². The number of hydrogen-bond acceptors (Lipinski definition) is 4. The van der Waals surface area contributed by atoms with E-state index in [9.17, 15) is 18.0 Å². The third kappa shape index (κ3) is 3.41. The summed E-state index contributed by atoms with van der Waals surface area (Å²) >= 11 is 0. The van der Waals surface area contributed by atoms with Crippen molar-refractivity contribution in [1.82, 2.24) is 9.29 Å². The number of fused-ring (bicyclic) bond motifs is 1. The molecule has 0 bridgehead atoms. The Morgan fingerprint density at radius 3 is 2.62 bits per heavy atom. The van der Waals surface area contributed by atoms with Gasteiger partial charge in [0.05, 0.1) is 10.9 Å². The Bertz CT molecular complexity index is 1170. The van der Waals surface area contributed by atoms with Gasteiger partial charge in [0.2, 0.25) is 16.3 Å². The molecule has 1 aliphatic heterocycles. The number of aromatic nitrogens is 1. The molecule has 1 N–H and O–H groups in total. The van der Waals surface area contributed by atoms with Crippen LogP contribution in [0.15, 0.2) is 59.6 Å². The van der Waals surface area contributed by atoms with Crippen LogP contribution in [0.25, 0.3) is 10.9 Å². The summed E-state index contributed by atoms with van der Waals surface area (Å²) in [6.07, 6.45) is 4.45. The molecule has 1 saturated heterocycles. The van der Waals surface area contributed by atoms with Crippen LogP contribution in [0.1, 0.15) is 29.9 Å². The SMILES string of the molecule is Cc1ccc(S(=O)(=O)N2CCC[C@H]2C(=O)C([C]=O)c2c[nH]c3ccccc23)cc1. The van der Waals surface area contributed by atoms with Crippen LogP contribution in [0.4, 0.5) is 0 Å². The molecule has 1 aliphatic rings. The maximum absolute atomic E-state index is 13.3. The van der Waals surface area contributed by atoms with Crippen molar-refractivity contribution in [3.8, 4) is 0 Å². The molecule has 2 atom stereocenters. The summed E-state index contributed by atoms with van der Waals surface area (Å²) in [5, 5.41) is 0.764. The van der Waals surface area contributed by atoms with Gasteiger partial charge in [-0.3, -0.25) is 9.59 Å². The summed E-state index contributed by atoms with van der Waals surface area (Å²) in [5.41, 5.74) is 2.29. The van der Waals surface area contributed by atoms with Gasteiger partial charge in [-0.25, -0.2) is 8.42 Å². The molecule has 149 valence electrons. The topological polar surface area (TPSA) is 87.3 Å². The molecule has 0 saturated carbocycles. The average Bonchev–Trinajstić information content (AvgIpc) is 3.37. The number of aromatic amines is 1. The van der Waals surface area contributed by atoms with Crippen molar-refractivity contribution >= 4 is 33.0 Å². The third-order valence-electron chi connectivity index (χ3n) is 5.49. The number of para-hydroxylation sites is 1. The van der Waals surface area contributed by atoms with Gasteiger partial charge in [-0.15, -0.1) is 0 Å². The van der Waals surface area contributed by atoms with E-state index in [2.05, 4.69) is 4.98 Å². The minimum Gasteiger partial charge on any atom is -0.361 e. The zero-order valence-electron chi connectivity index (χ0n) is 16.0. The van der Waals surface area contributed by atoms with Gasteiger partial charge in [0, 0.05) is 23.6 Å². The van der Waals surface area contributed by atoms with Crippen molar-refractivity contribution in [3.05, 3.63) is 65.9 Å². The highest BCUT2D eigenvalue weighted by Gasteiger charge is 2.42. The molecule has 1 aromatic heterocycles. The average molecular weight is 409 g/mol. The number of carbonyl (C=O) groups excluding carboxylic acids is 2. The lowest BCUT2D eigenvalue weighted by Crippen LogP contribution is -2.42. The highest BCUT2D eigenvalue weighted by Crippen LogP contribution is 2.32. The van der Waals surface area contributed by atoms with Crippen LogP contribution < -0.4 is 0 Å². The van der Waals surface area contributed by atoms with E-state index in [1.165, 1.54) is 4.31 Å². The number of Topliss-reactive ketones (excluding diaryl/α,β-unsaturated/α-hetero) is 1. The standard InChI is InChI=1S/C22H21N2O4S/c1-15-8-10-16(11-9-15)29(27,28)24-12-4-7-21(24)22(26)19(14-25)18-13-23-20-6-3-2-5-17(18)20/h2-3,5-6,8-11,13,19,21,23H,4,7,12H2,1H3/t19?,21-/m0/s1. The molecule has 3 aromatic rings. The summed E-state index contributed by atoms with van der Waals surface area (Å²) in [7, 11) is -3.83. The number of carbonyl (C=O) groups is 1. The maximum Gasteiger partial charge on any atom is 0.243 e. The van der Waals surface area contributed by atoms with E-state index in [0.29, 0.717) is 18.4 Å². The van der Waals surface area contributed by atoms with Crippen molar-refractivity contribution in [2.24, 2.45) is 0 Å². The van der Waals surface area contributed by atoms with E-state index in [-0.39, 0.29) is 11.4 Å². The van der Waals surface area contributed by atoms with E-state index in [1.54, 1.807) is 30.5 Å². The lowest BCUT2D eigenvalue weighted by molar-refractivity contribution is -0.122. The number of nitrogens with one attached hydrogen (secondary N) is 1. The Balaban J connectivity index is 1.68. The summed E-state index contributed by atoms with van der Waals surface area (Å²) in [6, 6.07) is 13.1. The molecular weight excluding hydrogens is 388 g/mol. The van der Waals surface area contributed by atoms with Gasteiger partial charge < -0.3 is 4.98 Å². The summed E-state index contributed by atoms with van der Waals surface area (Å²) in [5.74, 6) is -1.57. The molecular formula is C22H21N2O4S. The van der Waals surface area contributed by atoms with Gasteiger partial charge >= 0.3 is 0 Å². The molecule has 29 heavy (non-hydrogen) atoms. The fraction of sp³-hybridized carbons (Fsp3) is 0.273. The smallest absolute Gasteiger partial charge is 0.243 e. The van der Waals surface area contributed by atoms with Gasteiger partial charge in [-0.2, -0.15) is 4.31 Å². The molecule has 1 radical (unpaired) electrons. The van der Waals surface area contributed by atoms with Gasteiger partial charge in [-0.05, 0) is 43.5 Å². The highest BCUT2D eigenvalue weighted by molar-refractivity contribution is 7.89. The zero-order chi connectivity index (χ0) is 20.6. The van der Waals surface area contributed by atoms with Crippen LogP contribution >= 0.6 is 0 Å². The van der Waals surface area contributed by atoms with Gasteiger partial charge in [0.25, 0.3) is 0 Å². The van der Waals surface area contributed by atoms with E-state index in [0.717, 1.165) is 16.5 Å². The fourth-order valence-electron chi connectivity index (χ4n) is 3.96. The molecule has 0 spiro atoms. The summed E-state index contributed by atoms with van der Waals surface area (Å²) in [4.78, 5) is 28.3. The highest BCUT2D eigenvalue weighted by atomic mass is 32.2. The molecule has 1 unspecified atom stereocenters. The van der Waals surface area contributed by atoms with Gasteiger partial charge in [0.15, 0.2) is 5.78 Å². The first-order valence-corrected chi connectivity index (χ1v) is 10.9. The van der Waals surface area contributed by atoms with E-state index < -0.39 is 27.8 Å². The van der Waals surface area contributed by atoms with Crippen molar-refractivity contribution in [1.29, 1.82) is 0 Å². The second-order valence-corrected chi connectivity index (χ2v) is 9.22. The molecule has 4 rings (SSSR count). The number of hydrogen-bond donors (Lipinski definition) is 1. The molecule has 0 aliphatic carbocycles. The number of H-pyrrole nitrogens is 1. The number of sulfonamides is 1. The predicted octanol–water partition coefficient (Wildman–Crippen LogP) is 3.09. The minimum atomic E-state index is -3.83. The van der Waals surface area contributed by atoms with E-state index >= 15 is 0 Å². The third-order valence-corrected chi connectivity index (χ3v) is 7.42. The first-order valence-electron chi connectivity index (χ1n) is 9.49. The molecule has 2 aromatic carbocycles. The number of rotatable bonds is 6. The second kappa shape index (κ2) is 7.57. The Hall–Kier alpha value is -2.77. The van der Waals surface area contributed by atoms with Crippen LogP contribution in [0.2, 0.25) is 0 Å². The van der Waals surface area contributed by atoms with Crippen molar-refractivity contribution < 1.29 is 18.0 Å². The first-order chi connectivity index (χ1) is 13.9. The molecule has 0 amide bonds. The Morgan fingerprint density at radius 2 is 1.90 bits per heavy atom. The normalized spacial score (nSPS) is 18.7. The minimum absolute atomic E-state index is 0.154. The van der Waals surface area contributed by atoms with E-state index in [4.69, 9.17) is 0 Å². The molecule has 2 heterocycles. The Morgan fingerprint density at radius 1 is 1.17 bits per heavy atom. The second-order valence-electron chi connectivity index (χ2n) is 7.33. The predicted molar refractivity (Wildman–Crippen MR) is 110 cm³/mol. The van der Waals surface area contributed by atoms with Gasteiger partial charge in [0.1, 0.15) is 5.92 Å². The number of ketones is 1. The van der Waals surface area contributed by atoms with Crippen molar-refractivity contribution in [2.75, 3.05) is 6.54 Å². The van der Waals surface area contributed by atoms with Crippen LogP contribution in [0.3, 0.4) is 0 Å². The summed E-state index contributed by atoms with van der Waals surface area (Å²) < 4.78 is 27.5. The quantitative estimate of drug-likeness (QED) is 0.634. The Labute approximate surface area is 169 Å². The lowest BCUT2D eigenvalue weighted by Gasteiger charge is -2.24. The lowest BCUT2D eigenvalue weighted by atomic mass is 9.91. The number of nitrogens with zero attached hydrogens (tertiary/aromatic N) is 1. The van der Waals surface area contributed by atoms with Crippen molar-refractivity contribution in [3.63, 3.8) is 0 Å². The van der Waals surface area contributed by atoms with Crippen LogP contribution in [-0.2, 0) is 19.6 Å². The fourth-order valence-corrected chi connectivity index (χ4v) is 5.62. The largest absolute Gasteiger partial charge is 0.361 e. The zero-order valence-corrected chi connectivity index (χ0v) is 16.8. The first kappa shape index (κ1) is 19.5. The van der Waals surface area contributed by atoms with Gasteiger partial charge in [-0.1, -0.05) is 35.9 Å². The monoisotopic (exact) mass is 409 g/mol. The van der Waals surface area contributed by atoms with E-state index in [1.807, 2.05) is 37.5 Å². The molecule has 6 nitrogen and oxygen atoms in total. The van der Waals surface area contributed by atoms with Crippen molar-refractivity contribution in [2.45, 2.75) is 36.6 Å². The Kier molecular flexibility index (Phi) is 5.10. The number of benzene rings is 2. The van der Waals surface area contributed by atoms with Crippen LogP contribution in [0, 0.1) is 6.92 Å².